The molecule has 0 aliphatic rings. The van der Waals surface area contributed by atoms with Crippen molar-refractivity contribution in [3.05, 3.63) is 71.3 Å². The zero-order valence-electron chi connectivity index (χ0n) is 13.4. The molecule has 0 spiro atoms. The highest BCUT2D eigenvalue weighted by Crippen LogP contribution is 2.23. The van der Waals surface area contributed by atoms with Crippen LogP contribution in [0.15, 0.2) is 53.9 Å². The van der Waals surface area contributed by atoms with Gasteiger partial charge in [0.2, 0.25) is 0 Å². The van der Waals surface area contributed by atoms with E-state index >= 15 is 0 Å². The molecule has 0 amide bonds. The number of carbonyl (C=O) groups excluding carboxylic acids is 1. The Balaban J connectivity index is 1.78. The second kappa shape index (κ2) is 6.97. The molecule has 1 heterocycles. The van der Waals surface area contributed by atoms with Crippen LogP contribution in [-0.4, -0.2) is 26.3 Å². The Hall–Kier alpha value is -2.47. The predicted molar refractivity (Wildman–Crippen MR) is 92.3 cm³/mol. The Morgan fingerprint density at radius 2 is 2.00 bits per heavy atom. The third-order valence-electron chi connectivity index (χ3n) is 3.64. The minimum absolute atomic E-state index is 0.0144. The minimum atomic E-state index is -0.361. The fourth-order valence-corrected chi connectivity index (χ4v) is 3.27. The molecule has 2 aromatic carbocycles. The molecule has 3 aromatic rings. The Bertz CT molecular complexity index is 891. The van der Waals surface area contributed by atoms with Crippen molar-refractivity contribution in [2.24, 2.45) is 0 Å². The molecule has 0 aliphatic carbocycles. The van der Waals surface area contributed by atoms with Crippen LogP contribution < -0.4 is 0 Å². The van der Waals surface area contributed by atoms with E-state index in [0.717, 1.165) is 11.1 Å². The van der Waals surface area contributed by atoms with Crippen molar-refractivity contribution >= 4 is 17.5 Å². The standard InChI is InChI=1S/C18H16FN3OS/c1-12-7-8-14(13(2)9-12)17(23)10-24-18-21-20-11-22(18)16-6-4-3-5-15(16)19/h3-9,11H,10H2,1-2H3. The second-order valence-corrected chi connectivity index (χ2v) is 6.41. The first kappa shape index (κ1) is 16.4. The topological polar surface area (TPSA) is 47.8 Å². The molecule has 0 fully saturated rings. The molecule has 0 bridgehead atoms. The highest BCUT2D eigenvalue weighted by molar-refractivity contribution is 7.99. The number of Topliss-reactive ketones (excluding diaryl/α,β-unsaturated/α-hetero) is 1. The van der Waals surface area contributed by atoms with E-state index in [2.05, 4.69) is 10.2 Å². The van der Waals surface area contributed by atoms with Gasteiger partial charge in [0.15, 0.2) is 10.9 Å². The third kappa shape index (κ3) is 3.38. The lowest BCUT2D eigenvalue weighted by molar-refractivity contribution is 0.102. The summed E-state index contributed by atoms with van der Waals surface area (Å²) in [4.78, 5) is 12.4. The molecule has 0 aliphatic heterocycles. The zero-order chi connectivity index (χ0) is 17.1. The molecule has 6 heteroatoms. The fraction of sp³-hybridized carbons (Fsp3) is 0.167. The van der Waals surface area contributed by atoms with Crippen LogP contribution in [0, 0.1) is 19.7 Å². The van der Waals surface area contributed by atoms with Crippen molar-refractivity contribution in [1.82, 2.24) is 14.8 Å². The number of para-hydroxylation sites is 1. The molecule has 4 nitrogen and oxygen atoms in total. The molecule has 0 saturated carbocycles. The third-order valence-corrected chi connectivity index (χ3v) is 4.59. The summed E-state index contributed by atoms with van der Waals surface area (Å²) < 4.78 is 15.5. The molecule has 0 atom stereocenters. The van der Waals surface area contributed by atoms with Crippen LogP contribution in [0.3, 0.4) is 0 Å². The largest absolute Gasteiger partial charge is 0.293 e. The summed E-state index contributed by atoms with van der Waals surface area (Å²) in [5.74, 6) is -0.128. The normalized spacial score (nSPS) is 10.8. The highest BCUT2D eigenvalue weighted by atomic mass is 32.2. The summed E-state index contributed by atoms with van der Waals surface area (Å²) in [5, 5.41) is 8.31. The van der Waals surface area contributed by atoms with Crippen molar-refractivity contribution in [2.75, 3.05) is 5.75 Å². The van der Waals surface area contributed by atoms with E-state index in [-0.39, 0.29) is 17.4 Å². The van der Waals surface area contributed by atoms with Crippen molar-refractivity contribution in [2.45, 2.75) is 19.0 Å². The average Bonchev–Trinajstić information content (AvgIpc) is 3.01. The number of aryl methyl sites for hydroxylation is 2. The number of halogens is 1. The first-order chi connectivity index (χ1) is 11.6. The number of thioether (sulfide) groups is 1. The van der Waals surface area contributed by atoms with Crippen LogP contribution in [0.25, 0.3) is 5.69 Å². The second-order valence-electron chi connectivity index (χ2n) is 5.47. The maximum atomic E-state index is 13.9. The summed E-state index contributed by atoms with van der Waals surface area (Å²) in [6.45, 7) is 3.92. The van der Waals surface area contributed by atoms with Gasteiger partial charge in [0.05, 0.1) is 11.4 Å². The summed E-state index contributed by atoms with van der Waals surface area (Å²) >= 11 is 1.25. The summed E-state index contributed by atoms with van der Waals surface area (Å²) in [5.41, 5.74) is 3.14. The van der Waals surface area contributed by atoms with Gasteiger partial charge in [-0.15, -0.1) is 10.2 Å². The van der Waals surface area contributed by atoms with Crippen LogP contribution >= 0.6 is 11.8 Å². The predicted octanol–water partition coefficient (Wildman–Crippen LogP) is 4.00. The van der Waals surface area contributed by atoms with E-state index in [4.69, 9.17) is 0 Å². The van der Waals surface area contributed by atoms with E-state index in [1.165, 1.54) is 24.2 Å². The lowest BCUT2D eigenvalue weighted by Gasteiger charge is -2.08. The first-order valence-corrected chi connectivity index (χ1v) is 8.43. The van der Waals surface area contributed by atoms with Gasteiger partial charge in [-0.25, -0.2) is 4.39 Å². The number of nitrogens with zero attached hydrogens (tertiary/aromatic N) is 3. The molecule has 0 radical (unpaired) electrons. The lowest BCUT2D eigenvalue weighted by atomic mass is 10.0. The van der Waals surface area contributed by atoms with Crippen LogP contribution in [0.1, 0.15) is 21.5 Å². The first-order valence-electron chi connectivity index (χ1n) is 7.44. The summed E-state index contributed by atoms with van der Waals surface area (Å²) in [6, 6.07) is 12.1. The van der Waals surface area contributed by atoms with Crippen LogP contribution in [-0.2, 0) is 0 Å². The van der Waals surface area contributed by atoms with Crippen molar-refractivity contribution < 1.29 is 9.18 Å². The van der Waals surface area contributed by atoms with Gasteiger partial charge in [-0.1, -0.05) is 47.7 Å². The van der Waals surface area contributed by atoms with Gasteiger partial charge < -0.3 is 0 Å². The van der Waals surface area contributed by atoms with Gasteiger partial charge in [-0.2, -0.15) is 0 Å². The molecular weight excluding hydrogens is 325 g/mol. The number of hydrogen-bond donors (Lipinski definition) is 0. The monoisotopic (exact) mass is 341 g/mol. The average molecular weight is 341 g/mol. The molecule has 24 heavy (non-hydrogen) atoms. The zero-order valence-corrected chi connectivity index (χ0v) is 14.2. The van der Waals surface area contributed by atoms with Gasteiger partial charge in [0.1, 0.15) is 12.1 Å². The van der Waals surface area contributed by atoms with Crippen LogP contribution in [0.4, 0.5) is 4.39 Å². The van der Waals surface area contributed by atoms with Gasteiger partial charge in [0, 0.05) is 5.56 Å². The van der Waals surface area contributed by atoms with E-state index in [1.54, 1.807) is 22.8 Å². The number of aromatic nitrogens is 3. The number of rotatable bonds is 5. The van der Waals surface area contributed by atoms with E-state index in [9.17, 15) is 9.18 Å². The lowest BCUT2D eigenvalue weighted by Crippen LogP contribution is -2.06. The minimum Gasteiger partial charge on any atom is -0.293 e. The van der Waals surface area contributed by atoms with Crippen LogP contribution in [0.2, 0.25) is 0 Å². The molecule has 0 N–H and O–H groups in total. The maximum Gasteiger partial charge on any atom is 0.196 e. The summed E-state index contributed by atoms with van der Waals surface area (Å²) in [6.07, 6.45) is 1.45. The SMILES string of the molecule is Cc1ccc(C(=O)CSc2nncn2-c2ccccc2F)c(C)c1. The quantitative estimate of drug-likeness (QED) is 0.520. The fourth-order valence-electron chi connectivity index (χ4n) is 2.47. The Morgan fingerprint density at radius 3 is 2.75 bits per heavy atom. The number of benzene rings is 2. The van der Waals surface area contributed by atoms with E-state index in [0.29, 0.717) is 16.4 Å². The Kier molecular flexibility index (Phi) is 4.76. The molecular formula is C18H16FN3OS. The number of carbonyl (C=O) groups is 1. The Labute approximate surface area is 143 Å². The van der Waals surface area contributed by atoms with E-state index < -0.39 is 0 Å². The van der Waals surface area contributed by atoms with Crippen molar-refractivity contribution in [1.29, 1.82) is 0 Å². The molecule has 122 valence electrons. The van der Waals surface area contributed by atoms with Crippen molar-refractivity contribution in [3.8, 4) is 5.69 Å². The van der Waals surface area contributed by atoms with Gasteiger partial charge in [-0.05, 0) is 31.5 Å². The molecule has 0 saturated heterocycles. The van der Waals surface area contributed by atoms with E-state index in [1.807, 2.05) is 32.0 Å². The van der Waals surface area contributed by atoms with Crippen molar-refractivity contribution in [3.63, 3.8) is 0 Å². The summed E-state index contributed by atoms with van der Waals surface area (Å²) in [7, 11) is 0. The van der Waals surface area contributed by atoms with Crippen LogP contribution in [0.5, 0.6) is 0 Å². The molecule has 0 unspecified atom stereocenters. The molecule has 1 aromatic heterocycles. The highest BCUT2D eigenvalue weighted by Gasteiger charge is 2.14. The van der Waals surface area contributed by atoms with Gasteiger partial charge in [0.25, 0.3) is 0 Å². The number of ketones is 1. The molecule has 3 rings (SSSR count). The van der Waals surface area contributed by atoms with Gasteiger partial charge >= 0.3 is 0 Å². The Morgan fingerprint density at radius 1 is 1.21 bits per heavy atom. The van der Waals surface area contributed by atoms with Gasteiger partial charge in [-0.3, -0.25) is 9.36 Å². The maximum absolute atomic E-state index is 13.9. The number of hydrogen-bond acceptors (Lipinski definition) is 4. The smallest absolute Gasteiger partial charge is 0.196 e.